The van der Waals surface area contributed by atoms with Crippen LogP contribution in [-0.2, 0) is 16.1 Å². The number of benzene rings is 2. The van der Waals surface area contributed by atoms with Crippen molar-refractivity contribution in [2.45, 2.75) is 46.7 Å². The van der Waals surface area contributed by atoms with Gasteiger partial charge in [0.1, 0.15) is 11.8 Å². The van der Waals surface area contributed by atoms with Crippen molar-refractivity contribution in [3.05, 3.63) is 64.2 Å². The average Bonchev–Trinajstić information content (AvgIpc) is 2.70. The van der Waals surface area contributed by atoms with E-state index in [9.17, 15) is 9.59 Å². The Balaban J connectivity index is 2.19. The van der Waals surface area contributed by atoms with Gasteiger partial charge in [-0.3, -0.25) is 9.59 Å². The molecule has 0 aliphatic heterocycles. The molecule has 0 aromatic heterocycles. The van der Waals surface area contributed by atoms with Crippen LogP contribution < -0.4 is 10.1 Å². The summed E-state index contributed by atoms with van der Waals surface area (Å²) >= 11 is 6.04. The van der Waals surface area contributed by atoms with Gasteiger partial charge in [0.05, 0.1) is 0 Å². The Hall–Kier alpha value is -2.53. The van der Waals surface area contributed by atoms with Crippen molar-refractivity contribution in [2.24, 2.45) is 0 Å². The first-order chi connectivity index (χ1) is 13.8. The normalized spacial score (nSPS) is 11.6. The third-order valence-corrected chi connectivity index (χ3v) is 5.13. The molecule has 0 aliphatic rings. The lowest BCUT2D eigenvalue weighted by Crippen LogP contribution is -2.50. The minimum Gasteiger partial charge on any atom is -0.484 e. The molecule has 6 heteroatoms. The van der Waals surface area contributed by atoms with Gasteiger partial charge in [-0.25, -0.2) is 0 Å². The largest absolute Gasteiger partial charge is 0.484 e. The van der Waals surface area contributed by atoms with Crippen LogP contribution in [0.5, 0.6) is 5.75 Å². The Morgan fingerprint density at radius 2 is 1.79 bits per heavy atom. The third kappa shape index (κ3) is 6.50. The molecule has 29 heavy (non-hydrogen) atoms. The highest BCUT2D eigenvalue weighted by molar-refractivity contribution is 6.31. The highest BCUT2D eigenvalue weighted by atomic mass is 35.5. The minimum absolute atomic E-state index is 0.150. The van der Waals surface area contributed by atoms with E-state index in [1.807, 2.05) is 52.0 Å². The number of carbonyl (C=O) groups excluding carboxylic acids is 2. The molecule has 0 radical (unpaired) electrons. The van der Waals surface area contributed by atoms with Gasteiger partial charge in [0.25, 0.3) is 5.91 Å². The second-order valence-electron chi connectivity index (χ2n) is 7.03. The summed E-state index contributed by atoms with van der Waals surface area (Å²) < 4.78 is 5.69. The molecule has 0 unspecified atom stereocenters. The molecule has 1 N–H and O–H groups in total. The lowest BCUT2D eigenvalue weighted by Gasteiger charge is -2.30. The second-order valence-corrected chi connectivity index (χ2v) is 7.43. The van der Waals surface area contributed by atoms with E-state index in [0.717, 1.165) is 16.7 Å². The van der Waals surface area contributed by atoms with Gasteiger partial charge in [-0.15, -0.1) is 0 Å². The second kappa shape index (κ2) is 10.9. The lowest BCUT2D eigenvalue weighted by molar-refractivity contribution is -0.142. The van der Waals surface area contributed by atoms with E-state index in [4.69, 9.17) is 16.3 Å². The fourth-order valence-corrected chi connectivity index (χ4v) is 3.15. The molecule has 0 aliphatic carbocycles. The van der Waals surface area contributed by atoms with Crippen LogP contribution in [0, 0.1) is 13.8 Å². The van der Waals surface area contributed by atoms with Crippen LogP contribution in [0.1, 0.15) is 37.0 Å². The fourth-order valence-electron chi connectivity index (χ4n) is 3.04. The molecule has 0 saturated carbocycles. The predicted molar refractivity (Wildman–Crippen MR) is 116 cm³/mol. The number of hydrogen-bond donors (Lipinski definition) is 1. The van der Waals surface area contributed by atoms with Gasteiger partial charge < -0.3 is 15.0 Å². The molecule has 5 nitrogen and oxygen atoms in total. The summed E-state index contributed by atoms with van der Waals surface area (Å²) in [4.78, 5) is 27.2. The lowest BCUT2D eigenvalue weighted by atomic mass is 10.1. The van der Waals surface area contributed by atoms with E-state index in [1.54, 1.807) is 23.1 Å². The van der Waals surface area contributed by atoms with E-state index >= 15 is 0 Å². The molecule has 0 saturated heterocycles. The maximum Gasteiger partial charge on any atom is 0.261 e. The van der Waals surface area contributed by atoms with Crippen LogP contribution in [0.25, 0.3) is 0 Å². The van der Waals surface area contributed by atoms with Crippen molar-refractivity contribution < 1.29 is 14.3 Å². The molecule has 2 aromatic rings. The summed E-state index contributed by atoms with van der Waals surface area (Å²) in [7, 11) is 0. The zero-order valence-electron chi connectivity index (χ0n) is 17.5. The number of aryl methyl sites for hydroxylation is 2. The van der Waals surface area contributed by atoms with Crippen LogP contribution in [0.15, 0.2) is 42.5 Å². The van der Waals surface area contributed by atoms with Gasteiger partial charge in [-0.05, 0) is 56.5 Å². The molecule has 2 aromatic carbocycles. The molecule has 1 atom stereocenters. The Labute approximate surface area is 178 Å². The highest BCUT2D eigenvalue weighted by Crippen LogP contribution is 2.21. The Morgan fingerprint density at radius 3 is 2.38 bits per heavy atom. The van der Waals surface area contributed by atoms with Crippen molar-refractivity contribution in [3.8, 4) is 5.75 Å². The van der Waals surface area contributed by atoms with Crippen molar-refractivity contribution in [3.63, 3.8) is 0 Å². The average molecular weight is 417 g/mol. The van der Waals surface area contributed by atoms with Gasteiger partial charge >= 0.3 is 0 Å². The number of nitrogens with one attached hydrogen (secondary N) is 1. The zero-order chi connectivity index (χ0) is 21.4. The van der Waals surface area contributed by atoms with Gasteiger partial charge in [0.15, 0.2) is 6.61 Å². The molecule has 0 fully saturated rings. The fraction of sp³-hybridized carbons (Fsp3) is 0.391. The minimum atomic E-state index is -0.556. The van der Waals surface area contributed by atoms with E-state index in [0.29, 0.717) is 30.3 Å². The SMILES string of the molecule is CCNC(=O)[C@@H](CC)N(Cc1ccc(C)cc1)C(=O)COc1ccc(Cl)c(C)c1. The monoisotopic (exact) mass is 416 g/mol. The van der Waals surface area contributed by atoms with Crippen LogP contribution in [0.3, 0.4) is 0 Å². The highest BCUT2D eigenvalue weighted by Gasteiger charge is 2.28. The van der Waals surface area contributed by atoms with E-state index < -0.39 is 6.04 Å². The Kier molecular flexibility index (Phi) is 8.52. The Bertz CT molecular complexity index is 837. The topological polar surface area (TPSA) is 58.6 Å². The number of ether oxygens (including phenoxy) is 1. The number of halogens is 1. The summed E-state index contributed by atoms with van der Waals surface area (Å²) in [5, 5.41) is 3.47. The molecule has 2 rings (SSSR count). The third-order valence-electron chi connectivity index (χ3n) is 4.70. The van der Waals surface area contributed by atoms with E-state index in [-0.39, 0.29) is 18.4 Å². The number of hydrogen-bond acceptors (Lipinski definition) is 3. The summed E-state index contributed by atoms with van der Waals surface area (Å²) in [6.07, 6.45) is 0.517. The standard InChI is InChI=1S/C23H29ClN2O3/c1-5-21(23(28)25-6-2)26(14-18-9-7-16(3)8-10-18)22(27)15-29-19-11-12-20(24)17(4)13-19/h7-13,21H,5-6,14-15H2,1-4H3,(H,25,28)/t21-/m1/s1. The van der Waals surface area contributed by atoms with E-state index in [2.05, 4.69) is 5.32 Å². The summed E-state index contributed by atoms with van der Waals surface area (Å²) in [5.41, 5.74) is 2.99. The summed E-state index contributed by atoms with van der Waals surface area (Å²) in [5.74, 6) is 0.177. The van der Waals surface area contributed by atoms with Crippen LogP contribution in [-0.4, -0.2) is 35.9 Å². The van der Waals surface area contributed by atoms with Crippen LogP contribution in [0.4, 0.5) is 0 Å². The van der Waals surface area contributed by atoms with Gasteiger partial charge in [0, 0.05) is 18.1 Å². The quantitative estimate of drug-likeness (QED) is 0.663. The molecule has 0 spiro atoms. The van der Waals surface area contributed by atoms with Gasteiger partial charge in [-0.1, -0.05) is 48.4 Å². The van der Waals surface area contributed by atoms with Crippen molar-refractivity contribution in [1.29, 1.82) is 0 Å². The predicted octanol–water partition coefficient (Wildman–Crippen LogP) is 4.28. The van der Waals surface area contributed by atoms with Crippen molar-refractivity contribution in [2.75, 3.05) is 13.2 Å². The number of nitrogens with zero attached hydrogens (tertiary/aromatic N) is 1. The Morgan fingerprint density at radius 1 is 1.10 bits per heavy atom. The number of rotatable bonds is 9. The van der Waals surface area contributed by atoms with Gasteiger partial charge in [0.2, 0.25) is 5.91 Å². The molecular weight excluding hydrogens is 388 g/mol. The molecule has 0 heterocycles. The molecule has 156 valence electrons. The van der Waals surface area contributed by atoms with Crippen molar-refractivity contribution >= 4 is 23.4 Å². The van der Waals surface area contributed by atoms with Crippen molar-refractivity contribution in [1.82, 2.24) is 10.2 Å². The maximum absolute atomic E-state index is 13.0. The number of carbonyl (C=O) groups is 2. The zero-order valence-corrected chi connectivity index (χ0v) is 18.3. The number of amides is 2. The summed E-state index contributed by atoms with van der Waals surface area (Å²) in [6.45, 7) is 8.37. The maximum atomic E-state index is 13.0. The first-order valence-corrected chi connectivity index (χ1v) is 10.2. The summed E-state index contributed by atoms with van der Waals surface area (Å²) in [6, 6.07) is 12.7. The van der Waals surface area contributed by atoms with Crippen LogP contribution >= 0.6 is 11.6 Å². The number of likely N-dealkylation sites (N-methyl/N-ethyl adjacent to an activating group) is 1. The first-order valence-electron chi connectivity index (χ1n) is 9.87. The first kappa shape index (κ1) is 22.8. The molecule has 0 bridgehead atoms. The van der Waals surface area contributed by atoms with Gasteiger partial charge in [-0.2, -0.15) is 0 Å². The van der Waals surface area contributed by atoms with E-state index in [1.165, 1.54) is 0 Å². The molecule has 2 amide bonds. The molecular formula is C23H29ClN2O3. The smallest absolute Gasteiger partial charge is 0.261 e. The van der Waals surface area contributed by atoms with Crippen LogP contribution in [0.2, 0.25) is 5.02 Å².